The van der Waals surface area contributed by atoms with Gasteiger partial charge in [0.2, 0.25) is 0 Å². The predicted octanol–water partition coefficient (Wildman–Crippen LogP) is 4.64. The van der Waals surface area contributed by atoms with E-state index in [9.17, 15) is 4.79 Å². The smallest absolute Gasteiger partial charge is 0.170 e. The number of aryl methyl sites for hydroxylation is 1. The first-order valence-electron chi connectivity index (χ1n) is 6.63. The average molecular weight is 271 g/mol. The maximum Gasteiger partial charge on any atom is 0.170 e. The standard InChI is InChI=1S/C17H15ClO/c18-14-8-3-7-13(11-14)17(19)16-10-4-6-12-5-1-2-9-15(12)16/h1-3,5,7-9,11,16H,4,6,10H2. The summed E-state index contributed by atoms with van der Waals surface area (Å²) in [5.41, 5.74) is 3.22. The van der Waals surface area contributed by atoms with Crippen molar-refractivity contribution in [1.82, 2.24) is 0 Å². The fourth-order valence-electron chi connectivity index (χ4n) is 2.87. The van der Waals surface area contributed by atoms with Crippen LogP contribution in [0.3, 0.4) is 0 Å². The van der Waals surface area contributed by atoms with Crippen LogP contribution in [0, 0.1) is 0 Å². The summed E-state index contributed by atoms with van der Waals surface area (Å²) in [5.74, 6) is 0.179. The Kier molecular flexibility index (Phi) is 3.39. The van der Waals surface area contributed by atoms with Gasteiger partial charge in [0, 0.05) is 16.5 Å². The zero-order valence-electron chi connectivity index (χ0n) is 10.6. The van der Waals surface area contributed by atoms with Crippen LogP contribution in [0.25, 0.3) is 0 Å². The Morgan fingerprint density at radius 2 is 1.95 bits per heavy atom. The fraction of sp³-hybridized carbons (Fsp3) is 0.235. The minimum Gasteiger partial charge on any atom is -0.293 e. The van der Waals surface area contributed by atoms with E-state index in [2.05, 4.69) is 12.1 Å². The van der Waals surface area contributed by atoms with E-state index in [0.29, 0.717) is 10.6 Å². The molecule has 19 heavy (non-hydrogen) atoms. The second-order valence-electron chi connectivity index (χ2n) is 5.02. The van der Waals surface area contributed by atoms with Crippen molar-refractivity contribution in [3.63, 3.8) is 0 Å². The number of fused-ring (bicyclic) bond motifs is 1. The summed E-state index contributed by atoms with van der Waals surface area (Å²) in [6.45, 7) is 0. The fourth-order valence-corrected chi connectivity index (χ4v) is 3.06. The van der Waals surface area contributed by atoms with E-state index in [1.54, 1.807) is 12.1 Å². The molecule has 1 aliphatic carbocycles. The molecule has 2 aromatic rings. The molecule has 0 aliphatic heterocycles. The van der Waals surface area contributed by atoms with Gasteiger partial charge in [-0.05, 0) is 42.5 Å². The lowest BCUT2D eigenvalue weighted by Crippen LogP contribution is -2.18. The van der Waals surface area contributed by atoms with Crippen LogP contribution in [0.4, 0.5) is 0 Å². The van der Waals surface area contributed by atoms with Gasteiger partial charge in [0.15, 0.2) is 5.78 Å². The van der Waals surface area contributed by atoms with E-state index >= 15 is 0 Å². The molecule has 0 aromatic heterocycles. The zero-order valence-corrected chi connectivity index (χ0v) is 11.4. The summed E-state index contributed by atoms with van der Waals surface area (Å²) in [6, 6.07) is 15.5. The second kappa shape index (κ2) is 5.18. The molecule has 2 heteroatoms. The number of hydrogen-bond donors (Lipinski definition) is 0. The van der Waals surface area contributed by atoms with Crippen LogP contribution in [0.1, 0.15) is 40.2 Å². The summed E-state index contributed by atoms with van der Waals surface area (Å²) >= 11 is 5.98. The molecule has 3 rings (SSSR count). The predicted molar refractivity (Wildman–Crippen MR) is 77.9 cm³/mol. The van der Waals surface area contributed by atoms with Crippen molar-refractivity contribution in [2.75, 3.05) is 0 Å². The Morgan fingerprint density at radius 1 is 1.11 bits per heavy atom. The number of carbonyl (C=O) groups is 1. The van der Waals surface area contributed by atoms with Gasteiger partial charge in [0.1, 0.15) is 0 Å². The van der Waals surface area contributed by atoms with Gasteiger partial charge in [-0.2, -0.15) is 0 Å². The van der Waals surface area contributed by atoms with Crippen molar-refractivity contribution in [1.29, 1.82) is 0 Å². The summed E-state index contributed by atoms with van der Waals surface area (Å²) in [5, 5.41) is 0.620. The first kappa shape index (κ1) is 12.4. The van der Waals surface area contributed by atoms with Crippen molar-refractivity contribution in [3.8, 4) is 0 Å². The Labute approximate surface area is 118 Å². The normalized spacial score (nSPS) is 17.8. The Balaban J connectivity index is 1.98. The van der Waals surface area contributed by atoms with Crippen LogP contribution < -0.4 is 0 Å². The molecule has 0 amide bonds. The molecule has 1 nitrogen and oxygen atoms in total. The van der Waals surface area contributed by atoms with Gasteiger partial charge in [-0.1, -0.05) is 48.0 Å². The van der Waals surface area contributed by atoms with E-state index in [1.807, 2.05) is 24.3 Å². The first-order chi connectivity index (χ1) is 9.25. The molecule has 0 saturated heterocycles. The minimum absolute atomic E-state index is 0.0107. The van der Waals surface area contributed by atoms with E-state index in [-0.39, 0.29) is 11.7 Å². The molecule has 1 aliphatic rings. The summed E-state index contributed by atoms with van der Waals surface area (Å²) in [6.07, 6.45) is 3.09. The highest BCUT2D eigenvalue weighted by Gasteiger charge is 2.26. The Bertz CT molecular complexity index is 618. The second-order valence-corrected chi connectivity index (χ2v) is 5.45. The maximum absolute atomic E-state index is 12.7. The van der Waals surface area contributed by atoms with Gasteiger partial charge < -0.3 is 0 Å². The van der Waals surface area contributed by atoms with Crippen LogP contribution in [-0.4, -0.2) is 5.78 Å². The van der Waals surface area contributed by atoms with E-state index < -0.39 is 0 Å². The van der Waals surface area contributed by atoms with E-state index in [0.717, 1.165) is 19.3 Å². The number of ketones is 1. The van der Waals surface area contributed by atoms with Crippen LogP contribution in [-0.2, 0) is 6.42 Å². The molecule has 0 saturated carbocycles. The highest BCUT2D eigenvalue weighted by Crippen LogP contribution is 2.34. The largest absolute Gasteiger partial charge is 0.293 e. The van der Waals surface area contributed by atoms with Crippen molar-refractivity contribution >= 4 is 17.4 Å². The molecular weight excluding hydrogens is 256 g/mol. The molecule has 1 unspecified atom stereocenters. The molecule has 0 fully saturated rings. The zero-order chi connectivity index (χ0) is 13.2. The van der Waals surface area contributed by atoms with Gasteiger partial charge in [0.05, 0.1) is 0 Å². The molecule has 0 bridgehead atoms. The Hall–Kier alpha value is -1.60. The van der Waals surface area contributed by atoms with Crippen molar-refractivity contribution < 1.29 is 4.79 Å². The first-order valence-corrected chi connectivity index (χ1v) is 7.01. The van der Waals surface area contributed by atoms with Crippen molar-refractivity contribution in [3.05, 3.63) is 70.2 Å². The quantitative estimate of drug-likeness (QED) is 0.727. The van der Waals surface area contributed by atoms with Crippen LogP contribution >= 0.6 is 11.6 Å². The number of rotatable bonds is 2. The van der Waals surface area contributed by atoms with Gasteiger partial charge in [-0.25, -0.2) is 0 Å². The Morgan fingerprint density at radius 3 is 2.79 bits per heavy atom. The van der Waals surface area contributed by atoms with Crippen molar-refractivity contribution in [2.24, 2.45) is 0 Å². The number of carbonyl (C=O) groups excluding carboxylic acids is 1. The van der Waals surface area contributed by atoms with E-state index in [4.69, 9.17) is 11.6 Å². The molecular formula is C17H15ClO. The van der Waals surface area contributed by atoms with Crippen LogP contribution in [0.15, 0.2) is 48.5 Å². The number of hydrogen-bond acceptors (Lipinski definition) is 1. The van der Waals surface area contributed by atoms with Gasteiger partial charge in [-0.15, -0.1) is 0 Å². The lowest BCUT2D eigenvalue weighted by molar-refractivity contribution is 0.0951. The summed E-state index contributed by atoms with van der Waals surface area (Å²) < 4.78 is 0. The van der Waals surface area contributed by atoms with Gasteiger partial charge in [-0.3, -0.25) is 4.79 Å². The molecule has 1 atom stereocenters. The highest BCUT2D eigenvalue weighted by atomic mass is 35.5. The minimum atomic E-state index is -0.0107. The SMILES string of the molecule is O=C(c1cccc(Cl)c1)C1CCCc2ccccc21. The van der Waals surface area contributed by atoms with Crippen molar-refractivity contribution in [2.45, 2.75) is 25.2 Å². The highest BCUT2D eigenvalue weighted by molar-refractivity contribution is 6.31. The molecule has 0 N–H and O–H groups in total. The molecule has 96 valence electrons. The molecule has 0 spiro atoms. The lowest BCUT2D eigenvalue weighted by Gasteiger charge is -2.24. The molecule has 2 aromatic carbocycles. The number of halogens is 1. The summed E-state index contributed by atoms with van der Waals surface area (Å²) in [7, 11) is 0. The average Bonchev–Trinajstić information content (AvgIpc) is 2.46. The molecule has 0 radical (unpaired) electrons. The van der Waals surface area contributed by atoms with Gasteiger partial charge in [0.25, 0.3) is 0 Å². The lowest BCUT2D eigenvalue weighted by atomic mass is 9.79. The maximum atomic E-state index is 12.7. The van der Waals surface area contributed by atoms with Crippen LogP contribution in [0.5, 0.6) is 0 Å². The van der Waals surface area contributed by atoms with Crippen LogP contribution in [0.2, 0.25) is 5.02 Å². The van der Waals surface area contributed by atoms with Gasteiger partial charge >= 0.3 is 0 Å². The number of Topliss-reactive ketones (excluding diaryl/α,β-unsaturated/α-hetero) is 1. The third-order valence-corrected chi connectivity index (χ3v) is 4.03. The number of benzene rings is 2. The van der Waals surface area contributed by atoms with E-state index in [1.165, 1.54) is 11.1 Å². The third kappa shape index (κ3) is 2.43. The third-order valence-electron chi connectivity index (χ3n) is 3.80. The monoisotopic (exact) mass is 270 g/mol. The molecule has 0 heterocycles. The summed E-state index contributed by atoms with van der Waals surface area (Å²) in [4.78, 5) is 12.7. The topological polar surface area (TPSA) is 17.1 Å².